The van der Waals surface area contributed by atoms with Gasteiger partial charge in [0, 0.05) is 33.1 Å². The zero-order chi connectivity index (χ0) is 15.4. The minimum Gasteiger partial charge on any atom is -0.340 e. The fraction of sp³-hybridized carbons (Fsp3) is 0.786. The summed E-state index contributed by atoms with van der Waals surface area (Å²) in [4.78, 5) is 20.5. The van der Waals surface area contributed by atoms with Gasteiger partial charge in [0.25, 0.3) is 0 Å². The van der Waals surface area contributed by atoms with Crippen LogP contribution in [0, 0.1) is 12.8 Å². The molecule has 1 fully saturated rings. The van der Waals surface area contributed by atoms with Crippen molar-refractivity contribution < 1.29 is 9.32 Å². The molecule has 7 heteroatoms. The Morgan fingerprint density at radius 2 is 2.00 bits per heavy atom. The van der Waals surface area contributed by atoms with Crippen LogP contribution in [-0.2, 0) is 11.3 Å². The van der Waals surface area contributed by atoms with E-state index in [0.29, 0.717) is 37.3 Å². The quantitative estimate of drug-likeness (QED) is 0.845. The van der Waals surface area contributed by atoms with Crippen LogP contribution in [0.5, 0.6) is 0 Å². The molecule has 21 heavy (non-hydrogen) atoms. The number of rotatable bonds is 5. The molecule has 1 aromatic heterocycles. The fourth-order valence-electron chi connectivity index (χ4n) is 2.58. The lowest BCUT2D eigenvalue weighted by atomic mass is 10.0. The topological polar surface area (TPSA) is 88.5 Å². The maximum absolute atomic E-state index is 12.2. The van der Waals surface area contributed by atoms with E-state index < -0.39 is 0 Å². The molecular weight excluding hydrogens is 270 g/mol. The number of aryl methyl sites for hydroxylation is 1. The molecule has 1 amide bonds. The summed E-state index contributed by atoms with van der Waals surface area (Å²) in [5, 5.41) is 3.90. The molecule has 1 aliphatic rings. The summed E-state index contributed by atoms with van der Waals surface area (Å²) >= 11 is 0. The van der Waals surface area contributed by atoms with Crippen molar-refractivity contribution in [3.05, 3.63) is 11.7 Å². The number of carbonyl (C=O) groups is 1. The monoisotopic (exact) mass is 295 g/mol. The molecule has 1 atom stereocenters. The Balaban J connectivity index is 1.78. The van der Waals surface area contributed by atoms with Crippen LogP contribution in [0.2, 0.25) is 0 Å². The third-order valence-corrected chi connectivity index (χ3v) is 3.66. The van der Waals surface area contributed by atoms with Crippen LogP contribution in [0.25, 0.3) is 0 Å². The Labute approximate surface area is 125 Å². The molecule has 0 aliphatic carbocycles. The van der Waals surface area contributed by atoms with Crippen molar-refractivity contribution in [2.75, 3.05) is 26.2 Å². The molecule has 2 heterocycles. The molecule has 118 valence electrons. The lowest BCUT2D eigenvalue weighted by Gasteiger charge is -2.35. The highest BCUT2D eigenvalue weighted by molar-refractivity contribution is 5.81. The van der Waals surface area contributed by atoms with Crippen molar-refractivity contribution in [2.45, 2.75) is 39.8 Å². The molecule has 7 nitrogen and oxygen atoms in total. The van der Waals surface area contributed by atoms with E-state index in [1.807, 2.05) is 4.90 Å². The van der Waals surface area contributed by atoms with Gasteiger partial charge in [-0.05, 0) is 12.3 Å². The van der Waals surface area contributed by atoms with E-state index in [1.54, 1.807) is 6.92 Å². The second-order valence-corrected chi connectivity index (χ2v) is 6.07. The van der Waals surface area contributed by atoms with Crippen LogP contribution in [0.4, 0.5) is 0 Å². The van der Waals surface area contributed by atoms with Gasteiger partial charge >= 0.3 is 0 Å². The summed E-state index contributed by atoms with van der Waals surface area (Å²) in [7, 11) is 0. The highest BCUT2D eigenvalue weighted by Crippen LogP contribution is 2.10. The third-order valence-electron chi connectivity index (χ3n) is 3.66. The van der Waals surface area contributed by atoms with Crippen LogP contribution in [0.1, 0.15) is 32.0 Å². The summed E-state index contributed by atoms with van der Waals surface area (Å²) in [5.74, 6) is 1.78. The number of carbonyl (C=O) groups excluding carboxylic acids is 1. The van der Waals surface area contributed by atoms with Gasteiger partial charge in [-0.25, -0.2) is 0 Å². The average Bonchev–Trinajstić information content (AvgIpc) is 2.83. The molecule has 0 spiro atoms. The summed E-state index contributed by atoms with van der Waals surface area (Å²) in [6, 6.07) is -0.378. The van der Waals surface area contributed by atoms with Gasteiger partial charge in [-0.15, -0.1) is 0 Å². The highest BCUT2D eigenvalue weighted by Gasteiger charge is 2.26. The molecule has 1 aromatic rings. The molecule has 0 bridgehead atoms. The molecule has 0 aromatic carbocycles. The Bertz CT molecular complexity index is 466. The summed E-state index contributed by atoms with van der Waals surface area (Å²) in [6.07, 6.45) is 0.737. The van der Waals surface area contributed by atoms with E-state index in [4.69, 9.17) is 10.3 Å². The van der Waals surface area contributed by atoms with Gasteiger partial charge in [0.2, 0.25) is 11.8 Å². The maximum atomic E-state index is 12.2. The van der Waals surface area contributed by atoms with E-state index in [2.05, 4.69) is 28.9 Å². The van der Waals surface area contributed by atoms with Crippen LogP contribution in [0.3, 0.4) is 0 Å². The van der Waals surface area contributed by atoms with E-state index >= 15 is 0 Å². The smallest absolute Gasteiger partial charge is 0.239 e. The fourth-order valence-corrected chi connectivity index (χ4v) is 2.58. The first-order valence-corrected chi connectivity index (χ1v) is 7.51. The minimum atomic E-state index is -0.378. The maximum Gasteiger partial charge on any atom is 0.239 e. The van der Waals surface area contributed by atoms with Crippen molar-refractivity contribution in [1.82, 2.24) is 19.9 Å². The lowest BCUT2D eigenvalue weighted by Crippen LogP contribution is -2.53. The van der Waals surface area contributed by atoms with Gasteiger partial charge < -0.3 is 15.2 Å². The number of amides is 1. The zero-order valence-electron chi connectivity index (χ0n) is 13.1. The molecule has 2 rings (SSSR count). The molecule has 1 saturated heterocycles. The number of nitrogens with two attached hydrogens (primary N) is 1. The minimum absolute atomic E-state index is 0.0683. The first kappa shape index (κ1) is 15.9. The predicted molar refractivity (Wildman–Crippen MR) is 78.3 cm³/mol. The summed E-state index contributed by atoms with van der Waals surface area (Å²) in [6.45, 7) is 9.65. The van der Waals surface area contributed by atoms with Crippen molar-refractivity contribution in [2.24, 2.45) is 11.7 Å². The number of nitrogens with zero attached hydrogens (tertiary/aromatic N) is 4. The van der Waals surface area contributed by atoms with Crippen LogP contribution in [-0.4, -0.2) is 58.1 Å². The second kappa shape index (κ2) is 7.00. The van der Waals surface area contributed by atoms with E-state index in [0.717, 1.165) is 19.5 Å². The summed E-state index contributed by atoms with van der Waals surface area (Å²) < 4.78 is 4.96. The van der Waals surface area contributed by atoms with Gasteiger partial charge in [-0.3, -0.25) is 9.69 Å². The van der Waals surface area contributed by atoms with E-state index in [9.17, 15) is 4.79 Å². The molecule has 0 saturated carbocycles. The molecular formula is C14H25N5O2. The standard InChI is InChI=1S/C14H25N5O2/c1-10(2)8-12(15)14(20)19-6-4-18(5-7-19)9-13-16-11(3)21-17-13/h10,12H,4-9,15H2,1-3H3/t12-/m0/s1. The van der Waals surface area contributed by atoms with Gasteiger partial charge in [-0.2, -0.15) is 4.98 Å². The lowest BCUT2D eigenvalue weighted by molar-refractivity contribution is -0.134. The van der Waals surface area contributed by atoms with Crippen molar-refractivity contribution in [1.29, 1.82) is 0 Å². The Morgan fingerprint density at radius 1 is 1.33 bits per heavy atom. The number of hydrogen-bond donors (Lipinski definition) is 1. The number of aromatic nitrogens is 2. The van der Waals surface area contributed by atoms with Gasteiger partial charge in [0.15, 0.2) is 5.82 Å². The van der Waals surface area contributed by atoms with Crippen LogP contribution >= 0.6 is 0 Å². The van der Waals surface area contributed by atoms with Crippen LogP contribution in [0.15, 0.2) is 4.52 Å². The van der Waals surface area contributed by atoms with E-state index in [-0.39, 0.29) is 11.9 Å². The Hall–Kier alpha value is -1.47. The molecule has 0 radical (unpaired) electrons. The van der Waals surface area contributed by atoms with Crippen molar-refractivity contribution in [3.63, 3.8) is 0 Å². The van der Waals surface area contributed by atoms with Gasteiger partial charge in [-0.1, -0.05) is 19.0 Å². The largest absolute Gasteiger partial charge is 0.340 e. The zero-order valence-corrected chi connectivity index (χ0v) is 13.1. The third kappa shape index (κ3) is 4.50. The predicted octanol–water partition coefficient (Wildman–Crippen LogP) is 0.396. The Kier molecular flexibility index (Phi) is 5.30. The first-order valence-electron chi connectivity index (χ1n) is 7.51. The highest BCUT2D eigenvalue weighted by atomic mass is 16.5. The Morgan fingerprint density at radius 3 is 2.52 bits per heavy atom. The van der Waals surface area contributed by atoms with Crippen molar-refractivity contribution in [3.8, 4) is 0 Å². The summed E-state index contributed by atoms with van der Waals surface area (Å²) in [5.41, 5.74) is 5.97. The van der Waals surface area contributed by atoms with Gasteiger partial charge in [0.1, 0.15) is 0 Å². The number of hydrogen-bond acceptors (Lipinski definition) is 6. The molecule has 0 unspecified atom stereocenters. The normalized spacial score (nSPS) is 18.2. The van der Waals surface area contributed by atoms with E-state index in [1.165, 1.54) is 0 Å². The first-order chi connectivity index (χ1) is 9.95. The van der Waals surface area contributed by atoms with Crippen molar-refractivity contribution >= 4 is 5.91 Å². The SMILES string of the molecule is Cc1nc(CN2CCN(C(=O)[C@@H](N)CC(C)C)CC2)no1. The molecule has 2 N–H and O–H groups in total. The molecule has 1 aliphatic heterocycles. The van der Waals surface area contributed by atoms with Gasteiger partial charge in [0.05, 0.1) is 12.6 Å². The number of piperazine rings is 1. The average molecular weight is 295 g/mol. The van der Waals surface area contributed by atoms with Crippen LogP contribution < -0.4 is 5.73 Å². The second-order valence-electron chi connectivity index (χ2n) is 6.07.